The first-order valence-electron chi connectivity index (χ1n) is 13.5. The molecule has 2 aliphatic rings. The molecule has 0 amide bonds. The lowest BCUT2D eigenvalue weighted by Crippen LogP contribution is -2.38. The number of hydrogen-bond acceptors (Lipinski definition) is 4. The highest BCUT2D eigenvalue weighted by Crippen LogP contribution is 2.42. The van der Waals surface area contributed by atoms with Crippen molar-refractivity contribution in [3.05, 3.63) is 156 Å². The van der Waals surface area contributed by atoms with Crippen LogP contribution in [0.25, 0.3) is 11.8 Å². The number of rotatable bonds is 5. The molecule has 1 atom stereocenters. The number of ether oxygens (including phenoxy) is 1. The molecule has 4 nitrogen and oxygen atoms in total. The van der Waals surface area contributed by atoms with Gasteiger partial charge in [-0.25, -0.2) is 4.99 Å². The summed E-state index contributed by atoms with van der Waals surface area (Å²) < 4.78 is 10.7. The molecule has 4 aromatic carbocycles. The van der Waals surface area contributed by atoms with E-state index in [1.54, 1.807) is 0 Å². The second-order valence-electron chi connectivity index (χ2n) is 10.2. The fourth-order valence-corrected chi connectivity index (χ4v) is 9.05. The predicted molar refractivity (Wildman–Crippen MR) is 187 cm³/mol. The quantitative estimate of drug-likeness (QED) is 0.171. The minimum atomic E-state index is -0.297. The highest BCUT2D eigenvalue weighted by Gasteiger charge is 2.33. The summed E-state index contributed by atoms with van der Waals surface area (Å²) in [6.45, 7) is 0.501. The van der Waals surface area contributed by atoms with Crippen LogP contribution in [0.5, 0.6) is 5.75 Å². The molecule has 5 aromatic rings. The van der Waals surface area contributed by atoms with E-state index in [0.717, 1.165) is 59.3 Å². The summed E-state index contributed by atoms with van der Waals surface area (Å²) in [5.41, 5.74) is 7.49. The molecule has 208 valence electrons. The van der Waals surface area contributed by atoms with Crippen LogP contribution in [0.15, 0.2) is 106 Å². The van der Waals surface area contributed by atoms with Gasteiger partial charge in [0.15, 0.2) is 4.80 Å². The zero-order valence-electron chi connectivity index (χ0n) is 22.2. The van der Waals surface area contributed by atoms with Gasteiger partial charge in [-0.15, -0.1) is 0 Å². The van der Waals surface area contributed by atoms with Crippen molar-refractivity contribution in [3.63, 3.8) is 0 Å². The van der Waals surface area contributed by atoms with E-state index in [1.165, 1.54) is 16.9 Å². The number of thiazole rings is 1. The van der Waals surface area contributed by atoms with Crippen LogP contribution in [0.4, 0.5) is 0 Å². The summed E-state index contributed by atoms with van der Waals surface area (Å²) in [5, 5.41) is 0.653. The highest BCUT2D eigenvalue weighted by molar-refractivity contribution is 14.1. The Morgan fingerprint density at radius 2 is 1.67 bits per heavy atom. The van der Waals surface area contributed by atoms with Gasteiger partial charge in [0.05, 0.1) is 23.4 Å². The van der Waals surface area contributed by atoms with E-state index >= 15 is 0 Å². The molecule has 0 bridgehead atoms. The minimum absolute atomic E-state index is 0.0523. The van der Waals surface area contributed by atoms with Gasteiger partial charge in [-0.3, -0.25) is 9.36 Å². The number of halogens is 3. The summed E-state index contributed by atoms with van der Waals surface area (Å²) in [6.07, 6.45) is 3.71. The zero-order chi connectivity index (χ0) is 28.8. The SMILES string of the molecule is O=c1/c(=C\c2cc(I)c(OCc3ccccc3)c(I)c2)sc2n1C(c1ccccc1Cl)C1=C(N=2)c2ccccc2CC1. The third-order valence-corrected chi connectivity index (χ3v) is 10.5. The lowest BCUT2D eigenvalue weighted by molar-refractivity contribution is 0.302. The molecule has 1 aliphatic heterocycles. The number of aryl methyl sites for hydroxylation is 1. The smallest absolute Gasteiger partial charge is 0.271 e. The second kappa shape index (κ2) is 11.7. The van der Waals surface area contributed by atoms with Gasteiger partial charge in [0.2, 0.25) is 0 Å². The average Bonchev–Trinajstić information content (AvgIpc) is 3.30. The maximum Gasteiger partial charge on any atom is 0.271 e. The van der Waals surface area contributed by atoms with E-state index in [4.69, 9.17) is 21.3 Å². The maximum absolute atomic E-state index is 14.1. The lowest BCUT2D eigenvalue weighted by Gasteiger charge is -2.31. The van der Waals surface area contributed by atoms with Crippen LogP contribution in [0.1, 0.15) is 40.3 Å². The van der Waals surface area contributed by atoms with Gasteiger partial charge in [0.1, 0.15) is 12.4 Å². The third-order valence-electron chi connectivity index (χ3n) is 7.62. The Balaban J connectivity index is 1.34. The van der Waals surface area contributed by atoms with Crippen molar-refractivity contribution >= 4 is 79.9 Å². The van der Waals surface area contributed by atoms with E-state index in [1.807, 2.05) is 53.1 Å². The van der Waals surface area contributed by atoms with Gasteiger partial charge in [-0.1, -0.05) is 95.7 Å². The normalized spacial score (nSPS) is 16.0. The number of nitrogens with zero attached hydrogens (tertiary/aromatic N) is 2. The van der Waals surface area contributed by atoms with Crippen LogP contribution in [-0.2, 0) is 13.0 Å². The Morgan fingerprint density at radius 3 is 2.45 bits per heavy atom. The van der Waals surface area contributed by atoms with Crippen molar-refractivity contribution in [2.75, 3.05) is 0 Å². The average molecular weight is 813 g/mol. The molecule has 0 saturated carbocycles. The first-order valence-corrected chi connectivity index (χ1v) is 16.9. The van der Waals surface area contributed by atoms with Crippen molar-refractivity contribution in [1.82, 2.24) is 4.57 Å². The number of benzene rings is 4. The van der Waals surface area contributed by atoms with Crippen LogP contribution in [-0.4, -0.2) is 4.57 Å². The van der Waals surface area contributed by atoms with E-state index in [0.29, 0.717) is 21.0 Å². The number of allylic oxidation sites excluding steroid dienone is 1. The van der Waals surface area contributed by atoms with E-state index in [-0.39, 0.29) is 11.6 Å². The van der Waals surface area contributed by atoms with Crippen LogP contribution < -0.4 is 19.6 Å². The van der Waals surface area contributed by atoms with Gasteiger partial charge in [0.25, 0.3) is 5.56 Å². The van der Waals surface area contributed by atoms with E-state index in [2.05, 4.69) is 93.7 Å². The van der Waals surface area contributed by atoms with Gasteiger partial charge >= 0.3 is 0 Å². The Morgan fingerprint density at radius 1 is 0.952 bits per heavy atom. The van der Waals surface area contributed by atoms with Gasteiger partial charge in [-0.2, -0.15) is 0 Å². The Hall–Kier alpha value is -2.73. The molecule has 8 heteroatoms. The summed E-state index contributed by atoms with van der Waals surface area (Å²) in [7, 11) is 0. The Kier molecular flexibility index (Phi) is 7.85. The van der Waals surface area contributed by atoms with Crippen molar-refractivity contribution in [2.45, 2.75) is 25.5 Å². The number of fused-ring (bicyclic) bond motifs is 3. The lowest BCUT2D eigenvalue weighted by atomic mass is 9.83. The molecule has 0 radical (unpaired) electrons. The monoisotopic (exact) mass is 812 g/mol. The molecular formula is C34H23ClI2N2O2S. The second-order valence-corrected chi connectivity index (χ2v) is 14.0. The molecule has 42 heavy (non-hydrogen) atoms. The molecule has 0 fully saturated rings. The Labute approximate surface area is 279 Å². The molecule has 1 aromatic heterocycles. The van der Waals surface area contributed by atoms with Crippen molar-refractivity contribution in [1.29, 1.82) is 0 Å². The topological polar surface area (TPSA) is 43.6 Å². The standard InChI is InChI=1S/C34H23ClI2N2O2S/c35-26-13-7-6-12-24(26)31-25-15-14-22-10-4-5-11-23(22)30(25)38-34-39(31)33(40)29(42-34)18-21-16-27(36)32(28(37)17-21)41-19-20-8-2-1-3-9-20/h1-13,16-18,31H,14-15,19H2/b29-18+. The molecule has 0 spiro atoms. The van der Waals surface area contributed by atoms with Gasteiger partial charge in [0, 0.05) is 10.6 Å². The maximum atomic E-state index is 14.1. The van der Waals surface area contributed by atoms with Crippen molar-refractivity contribution in [3.8, 4) is 5.75 Å². The highest BCUT2D eigenvalue weighted by atomic mass is 127. The summed E-state index contributed by atoms with van der Waals surface area (Å²) in [6, 6.07) is 30.2. The third kappa shape index (κ3) is 5.18. The van der Waals surface area contributed by atoms with Crippen LogP contribution in [0, 0.1) is 7.14 Å². The first kappa shape index (κ1) is 28.1. The zero-order valence-corrected chi connectivity index (χ0v) is 28.1. The summed E-state index contributed by atoms with van der Waals surface area (Å²) >= 11 is 12.8. The van der Waals surface area contributed by atoms with Crippen LogP contribution >= 0.6 is 68.1 Å². The molecule has 0 N–H and O–H groups in total. The Bertz CT molecular complexity index is 2040. The van der Waals surface area contributed by atoms with Crippen LogP contribution in [0.3, 0.4) is 0 Å². The van der Waals surface area contributed by atoms with Crippen LogP contribution in [0.2, 0.25) is 5.02 Å². The number of aromatic nitrogens is 1. The fraction of sp³-hybridized carbons (Fsp3) is 0.118. The van der Waals surface area contributed by atoms with Crippen molar-refractivity contribution in [2.24, 2.45) is 4.99 Å². The first-order chi connectivity index (χ1) is 20.5. The predicted octanol–water partition coefficient (Wildman–Crippen LogP) is 7.76. The van der Waals surface area contributed by atoms with E-state index in [9.17, 15) is 4.79 Å². The molecule has 1 aliphatic carbocycles. The molecular weight excluding hydrogens is 790 g/mol. The molecule has 1 unspecified atom stereocenters. The largest absolute Gasteiger partial charge is 0.487 e. The van der Waals surface area contributed by atoms with Gasteiger partial charge in [-0.05, 0) is 110 Å². The fourth-order valence-electron chi connectivity index (χ4n) is 5.68. The molecule has 0 saturated heterocycles. The molecule has 7 rings (SSSR count). The van der Waals surface area contributed by atoms with E-state index < -0.39 is 0 Å². The van der Waals surface area contributed by atoms with Crippen molar-refractivity contribution < 1.29 is 4.74 Å². The molecule has 2 heterocycles. The summed E-state index contributed by atoms with van der Waals surface area (Å²) in [4.78, 5) is 19.9. The van der Waals surface area contributed by atoms with Gasteiger partial charge < -0.3 is 4.74 Å². The summed E-state index contributed by atoms with van der Waals surface area (Å²) in [5.74, 6) is 0.851. The number of hydrogen-bond donors (Lipinski definition) is 0. The minimum Gasteiger partial charge on any atom is -0.487 e.